The van der Waals surface area contributed by atoms with Crippen LogP contribution in [0.15, 0.2) is 42.5 Å². The Bertz CT molecular complexity index is 1190. The summed E-state index contributed by atoms with van der Waals surface area (Å²) in [5.41, 5.74) is 0.150. The van der Waals surface area contributed by atoms with Crippen molar-refractivity contribution in [3.05, 3.63) is 59.2 Å². The van der Waals surface area contributed by atoms with Crippen molar-refractivity contribution in [3.8, 4) is 11.5 Å². The molecular formula is C32H42F2N2O6. The number of ether oxygens (including phenoxy) is 3. The molecule has 0 spiro atoms. The molecule has 1 saturated carbocycles. The lowest BCUT2D eigenvalue weighted by Crippen LogP contribution is -2.60. The highest BCUT2D eigenvalue weighted by atomic mass is 19.3. The van der Waals surface area contributed by atoms with Crippen molar-refractivity contribution < 1.29 is 37.7 Å². The summed E-state index contributed by atoms with van der Waals surface area (Å²) in [7, 11) is 0. The number of halogens is 2. The summed E-state index contributed by atoms with van der Waals surface area (Å²) < 4.78 is 47.4. The minimum Gasteiger partial charge on any atom is -0.493 e. The monoisotopic (exact) mass is 588 g/mol. The van der Waals surface area contributed by atoms with Crippen LogP contribution in [0, 0.1) is 0 Å². The van der Waals surface area contributed by atoms with Gasteiger partial charge in [-0.2, -0.15) is 0 Å². The zero-order valence-electron chi connectivity index (χ0n) is 24.7. The van der Waals surface area contributed by atoms with Crippen molar-refractivity contribution in [2.75, 3.05) is 33.0 Å². The van der Waals surface area contributed by atoms with Gasteiger partial charge in [0.15, 0.2) is 0 Å². The molecule has 1 saturated heterocycles. The number of nitrogens with zero attached hydrogens (tertiary/aromatic N) is 1. The molecule has 2 aromatic carbocycles. The van der Waals surface area contributed by atoms with Crippen molar-refractivity contribution in [1.82, 2.24) is 10.2 Å². The normalized spacial score (nSPS) is 17.3. The zero-order valence-corrected chi connectivity index (χ0v) is 24.7. The Morgan fingerprint density at radius 3 is 2.21 bits per heavy atom. The Hall–Kier alpha value is -3.40. The average Bonchev–Trinajstić information content (AvgIpc) is 3.81. The maximum absolute atomic E-state index is 15.0. The summed E-state index contributed by atoms with van der Waals surface area (Å²) in [4.78, 5) is 27.6. The molecule has 2 aromatic rings. The molecule has 0 bridgehead atoms. The molecule has 2 N–H and O–H groups in total. The third kappa shape index (κ3) is 7.32. The Balaban J connectivity index is 1.64. The number of alkyl halides is 2. The van der Waals surface area contributed by atoms with Gasteiger partial charge in [-0.25, -0.2) is 18.4 Å². The van der Waals surface area contributed by atoms with Gasteiger partial charge in [-0.15, -0.1) is 0 Å². The molecule has 8 nitrogen and oxygen atoms in total. The lowest BCUT2D eigenvalue weighted by Gasteiger charge is -2.38. The molecule has 1 atom stereocenters. The number of aliphatic carboxylic acids is 1. The number of carboxylic acids is 1. The highest BCUT2D eigenvalue weighted by Gasteiger charge is 2.43. The van der Waals surface area contributed by atoms with Gasteiger partial charge in [-0.1, -0.05) is 30.3 Å². The van der Waals surface area contributed by atoms with Crippen LogP contribution < -0.4 is 14.8 Å². The fraction of sp³-hybridized carbons (Fsp3) is 0.562. The van der Waals surface area contributed by atoms with E-state index in [1.807, 2.05) is 32.9 Å². The van der Waals surface area contributed by atoms with Gasteiger partial charge in [0.1, 0.15) is 17.0 Å². The number of carbonyl (C=O) groups is 2. The van der Waals surface area contributed by atoms with Crippen molar-refractivity contribution in [2.24, 2.45) is 0 Å². The number of urea groups is 1. The predicted molar refractivity (Wildman–Crippen MR) is 154 cm³/mol. The van der Waals surface area contributed by atoms with Crippen LogP contribution in [0.3, 0.4) is 0 Å². The third-order valence-electron chi connectivity index (χ3n) is 8.11. The summed E-state index contributed by atoms with van der Waals surface area (Å²) in [5.74, 6) is -2.49. The number of hydrogen-bond acceptors (Lipinski definition) is 5. The Labute approximate surface area is 246 Å². The molecule has 2 aliphatic rings. The molecule has 1 aliphatic heterocycles. The number of benzene rings is 2. The van der Waals surface area contributed by atoms with E-state index in [1.54, 1.807) is 18.2 Å². The Morgan fingerprint density at radius 1 is 1.10 bits per heavy atom. The molecular weight excluding hydrogens is 546 g/mol. The number of carboxylic acid groups (broad SMARTS) is 1. The molecule has 1 heterocycles. The minimum atomic E-state index is -3.08. The van der Waals surface area contributed by atoms with E-state index < -0.39 is 35.9 Å². The first kappa shape index (κ1) is 31.5. The SMILES string of the molecule is CCOc1cc([C@@H](C)N(CCCC(F)(F)c2ccccc2)C(=O)NC2(C(=O)O)CCOCC2)cc(OCC)c1C1CC1. The van der Waals surface area contributed by atoms with E-state index in [9.17, 15) is 14.7 Å². The lowest BCUT2D eigenvalue weighted by molar-refractivity contribution is -0.148. The van der Waals surface area contributed by atoms with Crippen LogP contribution in [0.5, 0.6) is 11.5 Å². The van der Waals surface area contributed by atoms with Crippen LogP contribution >= 0.6 is 0 Å². The first-order chi connectivity index (χ1) is 20.1. The van der Waals surface area contributed by atoms with Crippen LogP contribution in [0.1, 0.15) is 87.9 Å². The van der Waals surface area contributed by atoms with Crippen molar-refractivity contribution in [1.29, 1.82) is 0 Å². The zero-order chi connectivity index (χ0) is 30.3. The largest absolute Gasteiger partial charge is 0.493 e. The predicted octanol–water partition coefficient (Wildman–Crippen LogP) is 6.64. The summed E-state index contributed by atoms with van der Waals surface area (Å²) in [6.45, 7) is 6.89. The average molecular weight is 589 g/mol. The molecule has 230 valence electrons. The van der Waals surface area contributed by atoms with E-state index in [0.29, 0.717) is 36.2 Å². The molecule has 1 aliphatic carbocycles. The number of hydrogen-bond donors (Lipinski definition) is 2. The van der Waals surface area contributed by atoms with Crippen LogP contribution in [-0.4, -0.2) is 60.5 Å². The van der Waals surface area contributed by atoms with Gasteiger partial charge in [0.2, 0.25) is 0 Å². The molecule has 10 heteroatoms. The van der Waals surface area contributed by atoms with Crippen molar-refractivity contribution in [3.63, 3.8) is 0 Å². The quantitative estimate of drug-likeness (QED) is 0.257. The van der Waals surface area contributed by atoms with Crippen LogP contribution in [0.25, 0.3) is 0 Å². The second-order valence-corrected chi connectivity index (χ2v) is 11.0. The Kier molecular flexibility index (Phi) is 10.3. The van der Waals surface area contributed by atoms with Gasteiger partial charge < -0.3 is 29.5 Å². The van der Waals surface area contributed by atoms with Gasteiger partial charge in [-0.05, 0) is 63.6 Å². The number of carbonyl (C=O) groups excluding carboxylic acids is 1. The van der Waals surface area contributed by atoms with Crippen LogP contribution in [-0.2, 0) is 15.5 Å². The summed E-state index contributed by atoms with van der Waals surface area (Å²) in [5, 5.41) is 12.8. The molecule has 4 rings (SSSR count). The van der Waals surface area contributed by atoms with E-state index in [-0.39, 0.29) is 44.6 Å². The first-order valence-corrected chi connectivity index (χ1v) is 14.9. The second-order valence-electron chi connectivity index (χ2n) is 11.0. The van der Waals surface area contributed by atoms with Gasteiger partial charge in [0.05, 0.1) is 19.3 Å². The standard InChI is InChI=1S/C32H42F2N2O6/c1-4-41-26-20-24(21-27(42-5-2)28(26)23-12-13-23)22(3)36(17-9-14-32(33,34)25-10-7-6-8-11-25)30(39)35-31(29(37)38)15-18-40-19-16-31/h6-8,10-11,20-23H,4-5,9,12-19H2,1-3H3,(H,35,39)(H,37,38)/t22-/m1/s1. The fourth-order valence-electron chi connectivity index (χ4n) is 5.52. The molecule has 0 radical (unpaired) electrons. The molecule has 0 unspecified atom stereocenters. The highest BCUT2D eigenvalue weighted by molar-refractivity contribution is 5.86. The van der Waals surface area contributed by atoms with Gasteiger partial charge in [0, 0.05) is 50.1 Å². The van der Waals surface area contributed by atoms with E-state index in [0.717, 1.165) is 18.4 Å². The maximum atomic E-state index is 15.0. The van der Waals surface area contributed by atoms with Crippen molar-refractivity contribution >= 4 is 12.0 Å². The fourth-order valence-corrected chi connectivity index (χ4v) is 5.52. The Morgan fingerprint density at radius 2 is 1.69 bits per heavy atom. The van der Waals surface area contributed by atoms with E-state index in [2.05, 4.69) is 5.32 Å². The highest BCUT2D eigenvalue weighted by Crippen LogP contribution is 2.50. The van der Waals surface area contributed by atoms with Crippen molar-refractivity contribution in [2.45, 2.75) is 82.7 Å². The lowest BCUT2D eigenvalue weighted by atomic mass is 9.90. The van der Waals surface area contributed by atoms with Crippen LogP contribution in [0.2, 0.25) is 0 Å². The molecule has 2 amide bonds. The van der Waals surface area contributed by atoms with Gasteiger partial charge in [0.25, 0.3) is 5.92 Å². The summed E-state index contributed by atoms with van der Waals surface area (Å²) in [6, 6.07) is 10.2. The minimum absolute atomic E-state index is 0.000368. The summed E-state index contributed by atoms with van der Waals surface area (Å²) >= 11 is 0. The van der Waals surface area contributed by atoms with Crippen LogP contribution in [0.4, 0.5) is 13.6 Å². The molecule has 0 aromatic heterocycles. The van der Waals surface area contributed by atoms with E-state index >= 15 is 8.78 Å². The van der Waals surface area contributed by atoms with E-state index in [1.165, 1.54) is 17.0 Å². The summed E-state index contributed by atoms with van der Waals surface area (Å²) in [6.07, 6.45) is 1.84. The molecule has 2 fully saturated rings. The first-order valence-electron chi connectivity index (χ1n) is 14.9. The number of amides is 2. The number of nitrogens with one attached hydrogen (secondary N) is 1. The molecule has 42 heavy (non-hydrogen) atoms. The smallest absolute Gasteiger partial charge is 0.329 e. The van der Waals surface area contributed by atoms with Gasteiger partial charge in [-0.3, -0.25) is 0 Å². The number of rotatable bonds is 14. The maximum Gasteiger partial charge on any atom is 0.329 e. The van der Waals surface area contributed by atoms with E-state index in [4.69, 9.17) is 14.2 Å². The van der Waals surface area contributed by atoms with Gasteiger partial charge >= 0.3 is 12.0 Å². The topological polar surface area (TPSA) is 97.3 Å². The second kappa shape index (κ2) is 13.7. The third-order valence-corrected chi connectivity index (χ3v) is 8.11.